The number of carbonyl (C=O) groups excluding carboxylic acids is 1. The van der Waals surface area contributed by atoms with E-state index in [9.17, 15) is 4.79 Å². The molecule has 4 heteroatoms. The Morgan fingerprint density at radius 2 is 1.80 bits per heavy atom. The lowest BCUT2D eigenvalue weighted by Gasteiger charge is -1.93. The molecule has 0 atom stereocenters. The fourth-order valence-corrected chi connectivity index (χ4v) is 0.827. The molecule has 0 saturated carbocycles. The highest BCUT2D eigenvalue weighted by atomic mass is 35.5. The number of aromatic nitrogens is 1. The second-order valence-electron chi connectivity index (χ2n) is 3.51. The summed E-state index contributed by atoms with van der Waals surface area (Å²) in [5.74, 6) is 0.472. The Kier molecular flexibility index (Phi) is 6.53. The monoisotopic (exact) mass is 247 g/mol. The van der Waals surface area contributed by atoms with Gasteiger partial charge in [0.25, 0.3) is 0 Å². The van der Waals surface area contributed by atoms with Crippen LogP contribution in [0.15, 0.2) is 12.1 Å². The van der Waals surface area contributed by atoms with E-state index in [1.807, 2.05) is 26.8 Å². The topological polar surface area (TPSA) is 30.0 Å². The van der Waals surface area contributed by atoms with Crippen molar-refractivity contribution >= 4 is 29.0 Å². The van der Waals surface area contributed by atoms with Crippen molar-refractivity contribution in [3.05, 3.63) is 28.0 Å². The van der Waals surface area contributed by atoms with Gasteiger partial charge >= 0.3 is 0 Å². The van der Waals surface area contributed by atoms with Gasteiger partial charge in [-0.1, -0.05) is 43.1 Å². The van der Waals surface area contributed by atoms with Gasteiger partial charge in [-0.3, -0.25) is 4.79 Å². The number of carbonyl (C=O) groups is 1. The zero-order valence-electron chi connectivity index (χ0n) is 9.34. The molecular weight excluding hydrogens is 233 g/mol. The van der Waals surface area contributed by atoms with Gasteiger partial charge in [-0.05, 0) is 25.5 Å². The van der Waals surface area contributed by atoms with Crippen molar-refractivity contribution in [3.8, 4) is 0 Å². The average molecular weight is 248 g/mol. The second kappa shape index (κ2) is 6.81. The van der Waals surface area contributed by atoms with E-state index in [0.29, 0.717) is 10.3 Å². The number of ketones is 1. The Hall–Kier alpha value is -0.600. The average Bonchev–Trinajstić information content (AvgIpc) is 2.13. The number of hydrogen-bond acceptors (Lipinski definition) is 2. The molecule has 0 aliphatic carbocycles. The van der Waals surface area contributed by atoms with Gasteiger partial charge in [0, 0.05) is 5.92 Å². The summed E-state index contributed by atoms with van der Waals surface area (Å²) in [4.78, 5) is 13.9. The number of Topliss-reactive ketones (excluding diaryl/α,β-unsaturated/α-hetero) is 1. The minimum absolute atomic E-state index is 0.213. The maximum Gasteiger partial charge on any atom is 0.133 e. The van der Waals surface area contributed by atoms with Crippen LogP contribution in [0.2, 0.25) is 10.3 Å². The van der Waals surface area contributed by atoms with Gasteiger partial charge in [-0.25, -0.2) is 4.98 Å². The number of aryl methyl sites for hydroxylation is 1. The van der Waals surface area contributed by atoms with Crippen LogP contribution in [0, 0.1) is 12.8 Å². The standard InChI is InChI=1S/C6H5Cl2N.C5H10O/c1-4-2-3-5(7)9-6(4)8;1-4(2)5(3)6/h2-3H,1H3;4H,1-3H3. The van der Waals surface area contributed by atoms with E-state index >= 15 is 0 Å². The second-order valence-corrected chi connectivity index (χ2v) is 4.25. The molecule has 1 rings (SSSR count). The molecule has 0 N–H and O–H groups in total. The lowest BCUT2D eigenvalue weighted by molar-refractivity contribution is -0.119. The van der Waals surface area contributed by atoms with E-state index in [0.717, 1.165) is 5.56 Å². The van der Waals surface area contributed by atoms with Gasteiger partial charge in [0.15, 0.2) is 0 Å². The maximum atomic E-state index is 10.1. The first kappa shape index (κ1) is 14.4. The van der Waals surface area contributed by atoms with Crippen molar-refractivity contribution in [1.29, 1.82) is 0 Å². The Balaban J connectivity index is 0.000000288. The third-order valence-corrected chi connectivity index (χ3v) is 2.41. The fraction of sp³-hybridized carbons (Fsp3) is 0.455. The van der Waals surface area contributed by atoms with Gasteiger partial charge in [0.1, 0.15) is 16.1 Å². The SMILES string of the molecule is CC(=O)C(C)C.Cc1ccc(Cl)nc1Cl. The summed E-state index contributed by atoms with van der Waals surface area (Å²) in [6.07, 6.45) is 0. The summed E-state index contributed by atoms with van der Waals surface area (Å²) in [6.45, 7) is 7.26. The third-order valence-electron chi connectivity index (χ3n) is 1.81. The summed E-state index contributed by atoms with van der Waals surface area (Å²) in [6, 6.07) is 3.54. The van der Waals surface area contributed by atoms with E-state index in [1.54, 1.807) is 13.0 Å². The molecule has 1 heterocycles. The molecule has 84 valence electrons. The van der Waals surface area contributed by atoms with Crippen molar-refractivity contribution in [1.82, 2.24) is 4.98 Å². The van der Waals surface area contributed by atoms with Crippen molar-refractivity contribution in [2.75, 3.05) is 0 Å². The van der Waals surface area contributed by atoms with Crippen LogP contribution in [0.25, 0.3) is 0 Å². The molecule has 0 bridgehead atoms. The predicted octanol–water partition coefficient (Wildman–Crippen LogP) is 3.93. The van der Waals surface area contributed by atoms with Crippen LogP contribution in [0.3, 0.4) is 0 Å². The highest BCUT2D eigenvalue weighted by Crippen LogP contribution is 2.14. The molecule has 1 aromatic rings. The minimum Gasteiger partial charge on any atom is -0.300 e. The molecule has 0 aromatic carbocycles. The number of halogens is 2. The molecule has 0 radical (unpaired) electrons. The lowest BCUT2D eigenvalue weighted by atomic mass is 10.1. The van der Waals surface area contributed by atoms with Crippen LogP contribution in [-0.2, 0) is 4.79 Å². The van der Waals surface area contributed by atoms with Gasteiger partial charge in [0.2, 0.25) is 0 Å². The Bertz CT molecular complexity index is 337. The van der Waals surface area contributed by atoms with Crippen LogP contribution in [0.1, 0.15) is 26.3 Å². The Morgan fingerprint density at radius 1 is 1.33 bits per heavy atom. The van der Waals surface area contributed by atoms with Gasteiger partial charge in [0.05, 0.1) is 0 Å². The fourth-order valence-electron chi connectivity index (χ4n) is 0.482. The van der Waals surface area contributed by atoms with E-state index < -0.39 is 0 Å². The number of hydrogen-bond donors (Lipinski definition) is 0. The lowest BCUT2D eigenvalue weighted by Crippen LogP contribution is -1.98. The zero-order chi connectivity index (χ0) is 12.0. The molecular formula is C11H15Cl2NO. The van der Waals surface area contributed by atoms with Crippen LogP contribution >= 0.6 is 23.2 Å². The van der Waals surface area contributed by atoms with E-state index in [-0.39, 0.29) is 11.7 Å². The normalized spacial score (nSPS) is 9.53. The van der Waals surface area contributed by atoms with Crippen molar-refractivity contribution in [2.45, 2.75) is 27.7 Å². The zero-order valence-corrected chi connectivity index (χ0v) is 10.9. The molecule has 0 fully saturated rings. The molecule has 0 amide bonds. The Labute approximate surface area is 101 Å². The number of rotatable bonds is 1. The first-order valence-corrected chi connectivity index (χ1v) is 5.39. The van der Waals surface area contributed by atoms with Crippen LogP contribution in [0.4, 0.5) is 0 Å². The van der Waals surface area contributed by atoms with Crippen LogP contribution in [0.5, 0.6) is 0 Å². The molecule has 0 aliphatic heterocycles. The Morgan fingerprint density at radius 3 is 2.07 bits per heavy atom. The summed E-state index contributed by atoms with van der Waals surface area (Å²) in [5.41, 5.74) is 0.945. The van der Waals surface area contributed by atoms with Crippen molar-refractivity contribution in [2.24, 2.45) is 5.92 Å². The van der Waals surface area contributed by atoms with E-state index in [4.69, 9.17) is 23.2 Å². The molecule has 2 nitrogen and oxygen atoms in total. The molecule has 0 unspecified atom stereocenters. The highest BCUT2D eigenvalue weighted by molar-refractivity contribution is 6.32. The predicted molar refractivity (Wildman–Crippen MR) is 64.5 cm³/mol. The smallest absolute Gasteiger partial charge is 0.133 e. The largest absolute Gasteiger partial charge is 0.300 e. The van der Waals surface area contributed by atoms with Gasteiger partial charge in [-0.15, -0.1) is 0 Å². The van der Waals surface area contributed by atoms with Crippen LogP contribution in [-0.4, -0.2) is 10.8 Å². The first-order chi connectivity index (χ1) is 6.84. The molecule has 15 heavy (non-hydrogen) atoms. The third kappa shape index (κ3) is 6.47. The molecule has 1 aromatic heterocycles. The van der Waals surface area contributed by atoms with E-state index in [2.05, 4.69) is 4.98 Å². The summed E-state index contributed by atoms with van der Waals surface area (Å²) >= 11 is 11.1. The molecule has 0 aliphatic rings. The molecule has 0 saturated heterocycles. The van der Waals surface area contributed by atoms with Crippen molar-refractivity contribution in [3.63, 3.8) is 0 Å². The van der Waals surface area contributed by atoms with Gasteiger partial charge < -0.3 is 0 Å². The summed E-state index contributed by atoms with van der Waals surface area (Å²) in [5, 5.41) is 0.910. The van der Waals surface area contributed by atoms with Gasteiger partial charge in [-0.2, -0.15) is 0 Å². The highest BCUT2D eigenvalue weighted by Gasteiger charge is 1.95. The minimum atomic E-state index is 0.213. The number of pyridine rings is 1. The maximum absolute atomic E-state index is 10.1. The van der Waals surface area contributed by atoms with Crippen molar-refractivity contribution < 1.29 is 4.79 Å². The summed E-state index contributed by atoms with van der Waals surface area (Å²) in [7, 11) is 0. The molecule has 0 spiro atoms. The number of nitrogens with zero attached hydrogens (tertiary/aromatic N) is 1. The first-order valence-electron chi connectivity index (χ1n) is 4.63. The summed E-state index contributed by atoms with van der Waals surface area (Å²) < 4.78 is 0. The quantitative estimate of drug-likeness (QED) is 0.705. The van der Waals surface area contributed by atoms with E-state index in [1.165, 1.54) is 0 Å². The van der Waals surface area contributed by atoms with Crippen LogP contribution < -0.4 is 0 Å².